The Morgan fingerprint density at radius 1 is 0.634 bits per heavy atom. The Hall–Kier alpha value is -2.58. The third-order valence-electron chi connectivity index (χ3n) is 8.47. The molecule has 218 valence electrons. The van der Waals surface area contributed by atoms with E-state index in [1.54, 1.807) is 0 Å². The highest BCUT2D eigenvalue weighted by molar-refractivity contribution is 5.26. The van der Waals surface area contributed by atoms with Gasteiger partial charge in [-0.15, -0.1) is 0 Å². The smallest absolute Gasteiger partial charge is 0.186 e. The maximum Gasteiger partial charge on any atom is 0.186 e. The van der Waals surface area contributed by atoms with E-state index < -0.39 is 24.6 Å². The van der Waals surface area contributed by atoms with Crippen LogP contribution in [0.15, 0.2) is 84.9 Å². The average molecular weight is 559 g/mol. The normalized spacial score (nSPS) is 27.2. The third kappa shape index (κ3) is 7.63. The molecule has 6 rings (SSSR count). The van der Waals surface area contributed by atoms with Gasteiger partial charge in [0.05, 0.1) is 39.6 Å². The molecule has 2 aliphatic heterocycles. The lowest BCUT2D eigenvalue weighted by Gasteiger charge is -2.46. The molecular formula is C35H42O6. The van der Waals surface area contributed by atoms with E-state index in [-0.39, 0.29) is 6.10 Å². The van der Waals surface area contributed by atoms with Crippen LogP contribution in [0.25, 0.3) is 0 Å². The summed E-state index contributed by atoms with van der Waals surface area (Å²) >= 11 is 0. The lowest BCUT2D eigenvalue weighted by atomic mass is 9.90. The molecule has 0 N–H and O–H groups in total. The zero-order valence-corrected chi connectivity index (χ0v) is 23.8. The molecule has 2 bridgehead atoms. The van der Waals surface area contributed by atoms with Crippen molar-refractivity contribution in [3.63, 3.8) is 0 Å². The van der Waals surface area contributed by atoms with E-state index in [4.69, 9.17) is 28.4 Å². The molecule has 2 fully saturated rings. The summed E-state index contributed by atoms with van der Waals surface area (Å²) in [6, 6.07) is 28.7. The van der Waals surface area contributed by atoms with Crippen molar-refractivity contribution >= 4 is 0 Å². The lowest BCUT2D eigenvalue weighted by Crippen LogP contribution is -2.62. The molecule has 0 unspecified atom stereocenters. The molecule has 1 aliphatic carbocycles. The summed E-state index contributed by atoms with van der Waals surface area (Å²) in [6.45, 7) is 2.85. The van der Waals surface area contributed by atoms with Crippen molar-refractivity contribution in [2.45, 2.75) is 89.2 Å². The molecule has 0 aromatic heterocycles. The lowest BCUT2D eigenvalue weighted by molar-refractivity contribution is -0.331. The summed E-state index contributed by atoms with van der Waals surface area (Å²) in [5.74, 6) is 0.550. The topological polar surface area (TPSA) is 55.4 Å². The quantitative estimate of drug-likeness (QED) is 0.295. The van der Waals surface area contributed by atoms with E-state index in [9.17, 15) is 0 Å². The van der Waals surface area contributed by atoms with Gasteiger partial charge in [0.1, 0.15) is 24.4 Å². The first kappa shape index (κ1) is 28.5. The Bertz CT molecular complexity index is 1180. The molecule has 3 aromatic rings. The first-order valence-corrected chi connectivity index (χ1v) is 15.2. The molecule has 41 heavy (non-hydrogen) atoms. The number of ether oxygens (including phenoxy) is 6. The van der Waals surface area contributed by atoms with Crippen LogP contribution in [0.1, 0.15) is 54.4 Å². The Kier molecular flexibility index (Phi) is 10.1. The average Bonchev–Trinajstić information content (AvgIpc) is 3.03. The molecule has 5 atom stereocenters. The van der Waals surface area contributed by atoms with E-state index in [0.717, 1.165) is 22.3 Å². The Balaban J connectivity index is 1.28. The molecule has 2 heterocycles. The van der Waals surface area contributed by atoms with Gasteiger partial charge in [-0.05, 0) is 41.0 Å². The molecule has 3 aliphatic rings. The van der Waals surface area contributed by atoms with Crippen LogP contribution in [-0.2, 0) is 54.8 Å². The van der Waals surface area contributed by atoms with E-state index in [2.05, 4.69) is 36.4 Å². The van der Waals surface area contributed by atoms with Crippen molar-refractivity contribution in [2.24, 2.45) is 5.92 Å². The van der Waals surface area contributed by atoms with Gasteiger partial charge in [0.15, 0.2) is 6.29 Å². The van der Waals surface area contributed by atoms with Crippen molar-refractivity contribution in [3.05, 3.63) is 107 Å². The predicted molar refractivity (Wildman–Crippen MR) is 156 cm³/mol. The number of benzene rings is 3. The summed E-state index contributed by atoms with van der Waals surface area (Å²) in [6.07, 6.45) is 4.05. The van der Waals surface area contributed by atoms with Crippen LogP contribution >= 0.6 is 0 Å². The maximum atomic E-state index is 6.77. The van der Waals surface area contributed by atoms with Crippen molar-refractivity contribution in [2.75, 3.05) is 13.2 Å². The summed E-state index contributed by atoms with van der Waals surface area (Å²) in [7, 11) is 0. The first-order chi connectivity index (χ1) is 20.3. The standard InChI is InChI=1S/C35H42O6/c1-4-12-26(13-5-1)20-37-32-31-25-36-23-29-18-10-11-19-30(29)24-39-33(32)34(38-21-27-14-6-2-7-15-27)35(41-31)40-22-28-16-8-3-9-17-28/h1-2,4-7,10-15,18-19,28,31-35H,3,8-9,16-17,20-25H2/t31-,32-,33+,34-,35-/m1/s1. The fourth-order valence-corrected chi connectivity index (χ4v) is 6.14. The molecule has 6 heteroatoms. The summed E-state index contributed by atoms with van der Waals surface area (Å²) in [5, 5.41) is 0. The van der Waals surface area contributed by atoms with Gasteiger partial charge in [0, 0.05) is 0 Å². The molecule has 0 spiro atoms. The minimum Gasteiger partial charge on any atom is -0.374 e. The Morgan fingerprint density at radius 2 is 1.24 bits per heavy atom. The number of rotatable bonds is 9. The minimum absolute atomic E-state index is 0.359. The van der Waals surface area contributed by atoms with Crippen LogP contribution in [0, 0.1) is 5.92 Å². The second kappa shape index (κ2) is 14.5. The summed E-state index contributed by atoms with van der Waals surface area (Å²) < 4.78 is 39.6. The monoisotopic (exact) mass is 558 g/mol. The van der Waals surface area contributed by atoms with E-state index in [1.807, 2.05) is 48.5 Å². The van der Waals surface area contributed by atoms with Crippen LogP contribution in [-0.4, -0.2) is 43.9 Å². The predicted octanol–water partition coefficient (Wildman–Crippen LogP) is 6.59. The van der Waals surface area contributed by atoms with Gasteiger partial charge in [-0.2, -0.15) is 0 Å². The molecule has 1 saturated heterocycles. The zero-order valence-electron chi connectivity index (χ0n) is 23.8. The molecule has 0 radical (unpaired) electrons. The van der Waals surface area contributed by atoms with Crippen molar-refractivity contribution in [1.29, 1.82) is 0 Å². The number of hydrogen-bond acceptors (Lipinski definition) is 6. The van der Waals surface area contributed by atoms with Gasteiger partial charge < -0.3 is 28.4 Å². The van der Waals surface area contributed by atoms with E-state index >= 15 is 0 Å². The third-order valence-corrected chi connectivity index (χ3v) is 8.47. The first-order valence-electron chi connectivity index (χ1n) is 15.2. The highest BCUT2D eigenvalue weighted by Gasteiger charge is 2.49. The van der Waals surface area contributed by atoms with E-state index in [1.165, 1.54) is 32.1 Å². The van der Waals surface area contributed by atoms with Gasteiger partial charge in [0.2, 0.25) is 0 Å². The Morgan fingerprint density at radius 3 is 1.93 bits per heavy atom. The van der Waals surface area contributed by atoms with Crippen LogP contribution in [0.5, 0.6) is 0 Å². The maximum absolute atomic E-state index is 6.77. The van der Waals surface area contributed by atoms with Crippen molar-refractivity contribution in [3.8, 4) is 0 Å². The SMILES string of the molecule is c1ccc(CO[C@H]2[C@H](OCC3CCCCC3)O[C@@H]3COCc4ccccc4CO[C@H]2[C@@H]3OCc2ccccc2)cc1. The second-order valence-corrected chi connectivity index (χ2v) is 11.5. The number of hydrogen-bond donors (Lipinski definition) is 0. The molecule has 1 saturated carbocycles. The second-order valence-electron chi connectivity index (χ2n) is 11.5. The highest BCUT2D eigenvalue weighted by atomic mass is 16.7. The largest absolute Gasteiger partial charge is 0.374 e. The van der Waals surface area contributed by atoms with Crippen molar-refractivity contribution in [1.82, 2.24) is 0 Å². The molecular weight excluding hydrogens is 516 g/mol. The Labute approximate surface area is 243 Å². The van der Waals surface area contributed by atoms with Gasteiger partial charge in [-0.3, -0.25) is 0 Å². The van der Waals surface area contributed by atoms with Gasteiger partial charge in [-0.25, -0.2) is 0 Å². The number of fused-ring (bicyclic) bond motifs is 3. The van der Waals surface area contributed by atoms with Crippen molar-refractivity contribution < 1.29 is 28.4 Å². The van der Waals surface area contributed by atoms with Crippen LogP contribution in [0.4, 0.5) is 0 Å². The molecule has 0 amide bonds. The van der Waals surface area contributed by atoms with Crippen LogP contribution in [0.2, 0.25) is 0 Å². The van der Waals surface area contributed by atoms with Gasteiger partial charge in [-0.1, -0.05) is 104 Å². The van der Waals surface area contributed by atoms with Gasteiger partial charge >= 0.3 is 0 Å². The fraction of sp³-hybridized carbons (Fsp3) is 0.486. The summed E-state index contributed by atoms with van der Waals surface area (Å²) in [5.41, 5.74) is 4.43. The van der Waals surface area contributed by atoms with Crippen LogP contribution < -0.4 is 0 Å². The fourth-order valence-electron chi connectivity index (χ4n) is 6.14. The minimum atomic E-state index is -0.578. The van der Waals surface area contributed by atoms with Gasteiger partial charge in [0.25, 0.3) is 0 Å². The summed E-state index contributed by atoms with van der Waals surface area (Å²) in [4.78, 5) is 0. The molecule has 3 aromatic carbocycles. The van der Waals surface area contributed by atoms with E-state index in [0.29, 0.717) is 45.6 Å². The van der Waals surface area contributed by atoms with Crippen LogP contribution in [0.3, 0.4) is 0 Å². The molecule has 6 nitrogen and oxygen atoms in total. The highest BCUT2D eigenvalue weighted by Crippen LogP contribution is 2.33. The zero-order chi connectivity index (χ0) is 27.7.